The topological polar surface area (TPSA) is 112 Å². The molecule has 0 fully saturated rings. The summed E-state index contributed by atoms with van der Waals surface area (Å²) in [5.74, 6) is -0.633. The van der Waals surface area contributed by atoms with E-state index in [1.165, 1.54) is 30.3 Å². The normalized spacial score (nSPS) is 15.5. The third-order valence-corrected chi connectivity index (χ3v) is 8.06. The average Bonchev–Trinajstić information content (AvgIpc) is 2.82. The Morgan fingerprint density at radius 2 is 1.29 bits per heavy atom. The van der Waals surface area contributed by atoms with E-state index < -0.39 is 31.5 Å². The lowest BCUT2D eigenvalue weighted by Crippen LogP contribution is -2.21. The molecule has 0 amide bonds. The Bertz CT molecular complexity index is 1560. The summed E-state index contributed by atoms with van der Waals surface area (Å²) in [5, 5.41) is 0. The molecule has 9 heteroatoms. The number of allylic oxidation sites excluding steroid dienone is 1. The number of carbonyl (C=O) groups excluding carboxylic acids is 1. The molecule has 0 bridgehead atoms. The van der Waals surface area contributed by atoms with Crippen LogP contribution in [0.2, 0.25) is 0 Å². The maximum absolute atomic E-state index is 13.1. The molecule has 0 heterocycles. The predicted octanol–water partition coefficient (Wildman–Crippen LogP) is 5.11. The molecule has 0 saturated heterocycles. The van der Waals surface area contributed by atoms with Crippen molar-refractivity contribution in [3.63, 3.8) is 0 Å². The molecule has 0 aromatic heterocycles. The van der Waals surface area contributed by atoms with Gasteiger partial charge in [-0.15, -0.1) is 5.70 Å². The van der Waals surface area contributed by atoms with Crippen LogP contribution >= 0.6 is 0 Å². The smallest absolute Gasteiger partial charge is 0.282 e. The minimum absolute atomic E-state index is 0.0174. The van der Waals surface area contributed by atoms with Crippen molar-refractivity contribution < 1.29 is 21.6 Å². The van der Waals surface area contributed by atoms with Gasteiger partial charge in [0.15, 0.2) is 0 Å². The Morgan fingerprint density at radius 3 is 1.89 bits per heavy atom. The molecule has 3 aromatic rings. The van der Waals surface area contributed by atoms with Crippen LogP contribution in [-0.2, 0) is 25.5 Å². The number of Topliss-reactive ketones (excluding diaryl/α,β-unsaturated/α-hetero) is 1. The van der Waals surface area contributed by atoms with E-state index in [1.807, 2.05) is 20.8 Å². The number of rotatable bonds is 5. The summed E-state index contributed by atoms with van der Waals surface area (Å²) in [6.45, 7) is 6.06. The van der Waals surface area contributed by atoms with E-state index >= 15 is 0 Å². The second kappa shape index (κ2) is 8.90. The van der Waals surface area contributed by atoms with Gasteiger partial charge in [-0.1, -0.05) is 75.4 Å². The van der Waals surface area contributed by atoms with Crippen LogP contribution in [0.15, 0.2) is 99.1 Å². The maximum Gasteiger partial charge on any atom is 0.282 e. The van der Waals surface area contributed by atoms with Crippen LogP contribution < -0.4 is 0 Å². The Hall–Kier alpha value is -3.56. The van der Waals surface area contributed by atoms with Gasteiger partial charge < -0.3 is 4.72 Å². The monoisotopic (exact) mass is 507 g/mol. The fourth-order valence-electron chi connectivity index (χ4n) is 3.54. The molecule has 0 N–H and O–H groups in total. The molecule has 7 nitrogen and oxygen atoms in total. The first kappa shape index (κ1) is 24.6. The molecule has 1 aliphatic carbocycles. The maximum atomic E-state index is 13.1. The number of hydrogen-bond acceptors (Lipinski definition) is 5. The lowest BCUT2D eigenvalue weighted by Gasteiger charge is -2.30. The summed E-state index contributed by atoms with van der Waals surface area (Å²) >= 11 is 0. The number of carbonyl (C=O) groups is 1. The van der Waals surface area contributed by atoms with Crippen molar-refractivity contribution in [3.8, 4) is 0 Å². The second-order valence-corrected chi connectivity index (χ2v) is 12.2. The highest BCUT2D eigenvalue weighted by molar-refractivity contribution is 7.94. The molecule has 0 aliphatic heterocycles. The first-order chi connectivity index (χ1) is 16.4. The van der Waals surface area contributed by atoms with E-state index in [2.05, 4.69) is 9.12 Å². The molecule has 1 aliphatic rings. The Labute approximate surface area is 205 Å². The van der Waals surface area contributed by atoms with Gasteiger partial charge in [-0.2, -0.15) is 12.8 Å². The lowest BCUT2D eigenvalue weighted by atomic mass is 9.87. The largest absolute Gasteiger partial charge is 0.572 e. The zero-order valence-corrected chi connectivity index (χ0v) is 21.0. The van der Waals surface area contributed by atoms with Gasteiger partial charge in [-0.05, 0) is 46.9 Å². The van der Waals surface area contributed by atoms with Crippen LogP contribution in [0.3, 0.4) is 0 Å². The summed E-state index contributed by atoms with van der Waals surface area (Å²) in [7, 11) is -8.36. The number of sulfonamides is 2. The SMILES string of the molecule is CC(C)(C)c1ccc(S(=O)(=O)[N-]C2=CC(=NS(=O)(=O)c3ccccc3)C(=O)c3ccccc32)cc1. The number of nitrogens with zero attached hydrogens (tertiary/aromatic N) is 2. The van der Waals surface area contributed by atoms with Gasteiger partial charge in [0.1, 0.15) is 15.7 Å². The van der Waals surface area contributed by atoms with Crippen LogP contribution in [0.4, 0.5) is 0 Å². The Balaban J connectivity index is 1.77. The van der Waals surface area contributed by atoms with E-state index in [-0.39, 0.29) is 32.0 Å². The Kier molecular flexibility index (Phi) is 6.25. The molecule has 0 radical (unpaired) electrons. The highest BCUT2D eigenvalue weighted by atomic mass is 32.2. The molecular formula is C26H23N2O5S2-. The third-order valence-electron chi connectivity index (χ3n) is 5.45. The summed E-state index contributed by atoms with van der Waals surface area (Å²) in [5.41, 5.74) is 0.731. The number of hydrogen-bond donors (Lipinski definition) is 0. The molecular weight excluding hydrogens is 484 g/mol. The van der Waals surface area contributed by atoms with Gasteiger partial charge >= 0.3 is 0 Å². The first-order valence-electron chi connectivity index (χ1n) is 10.7. The van der Waals surface area contributed by atoms with Crippen LogP contribution in [0.5, 0.6) is 0 Å². The number of ketones is 1. The van der Waals surface area contributed by atoms with Crippen molar-refractivity contribution in [2.45, 2.75) is 36.0 Å². The molecule has 0 spiro atoms. The van der Waals surface area contributed by atoms with Crippen LogP contribution in [0.1, 0.15) is 42.3 Å². The van der Waals surface area contributed by atoms with Gasteiger partial charge in [0, 0.05) is 5.56 Å². The number of benzene rings is 3. The lowest BCUT2D eigenvalue weighted by molar-refractivity contribution is 0.106. The fourth-order valence-corrected chi connectivity index (χ4v) is 5.54. The molecule has 0 unspecified atom stereocenters. The third kappa shape index (κ3) is 5.11. The zero-order chi connectivity index (χ0) is 25.4. The van der Waals surface area contributed by atoms with Crippen molar-refractivity contribution in [3.05, 3.63) is 106 Å². The first-order valence-corrected chi connectivity index (χ1v) is 13.6. The summed E-state index contributed by atoms with van der Waals surface area (Å²) in [6, 6.07) is 20.2. The van der Waals surface area contributed by atoms with Gasteiger partial charge in [0.2, 0.25) is 5.78 Å². The van der Waals surface area contributed by atoms with Crippen molar-refractivity contribution in [2.24, 2.45) is 4.40 Å². The van der Waals surface area contributed by atoms with E-state index in [9.17, 15) is 21.6 Å². The average molecular weight is 508 g/mol. The van der Waals surface area contributed by atoms with Gasteiger partial charge in [0.25, 0.3) is 10.0 Å². The van der Waals surface area contributed by atoms with Crippen molar-refractivity contribution in [2.75, 3.05) is 0 Å². The van der Waals surface area contributed by atoms with Crippen molar-refractivity contribution in [1.82, 2.24) is 0 Å². The summed E-state index contributed by atoms with van der Waals surface area (Å²) in [6.07, 6.45) is 1.10. The van der Waals surface area contributed by atoms with Gasteiger partial charge in [-0.25, -0.2) is 8.42 Å². The second-order valence-electron chi connectivity index (χ2n) is 9.01. The predicted molar refractivity (Wildman–Crippen MR) is 135 cm³/mol. The quantitative estimate of drug-likeness (QED) is 0.476. The highest BCUT2D eigenvalue weighted by Crippen LogP contribution is 2.35. The molecule has 0 atom stereocenters. The van der Waals surface area contributed by atoms with E-state index in [0.717, 1.165) is 11.6 Å². The van der Waals surface area contributed by atoms with Crippen LogP contribution in [-0.4, -0.2) is 28.3 Å². The summed E-state index contributed by atoms with van der Waals surface area (Å²) in [4.78, 5) is 12.9. The van der Waals surface area contributed by atoms with Crippen molar-refractivity contribution in [1.29, 1.82) is 0 Å². The minimum atomic E-state index is -4.20. The Morgan fingerprint density at radius 1 is 0.714 bits per heavy atom. The van der Waals surface area contributed by atoms with Crippen LogP contribution in [0, 0.1) is 0 Å². The highest BCUT2D eigenvalue weighted by Gasteiger charge is 2.25. The van der Waals surface area contributed by atoms with E-state index in [4.69, 9.17) is 0 Å². The summed E-state index contributed by atoms with van der Waals surface area (Å²) < 4.78 is 59.4. The van der Waals surface area contributed by atoms with E-state index in [0.29, 0.717) is 0 Å². The molecule has 3 aromatic carbocycles. The van der Waals surface area contributed by atoms with E-state index in [1.54, 1.807) is 48.5 Å². The number of fused-ring (bicyclic) bond motifs is 1. The van der Waals surface area contributed by atoms with Gasteiger partial charge in [0.05, 0.1) is 9.79 Å². The molecule has 35 heavy (non-hydrogen) atoms. The minimum Gasteiger partial charge on any atom is -0.572 e. The standard InChI is InChI=1S/C26H23N2O5S2/c1-26(2,3)18-13-15-20(16-14-18)35(32,33)27-23-17-24(25(29)22-12-8-7-11-21(22)23)28-34(30,31)19-9-5-4-6-10-19/h4-17H,1-3H3/q-1. The van der Waals surface area contributed by atoms with Crippen molar-refractivity contribution >= 4 is 37.2 Å². The molecule has 180 valence electrons. The molecule has 0 saturated carbocycles. The fraction of sp³-hybridized carbons (Fsp3) is 0.154. The van der Waals surface area contributed by atoms with Crippen LogP contribution in [0.25, 0.3) is 10.4 Å². The van der Waals surface area contributed by atoms with Gasteiger partial charge in [-0.3, -0.25) is 4.79 Å². The molecule has 4 rings (SSSR count). The zero-order valence-electron chi connectivity index (χ0n) is 19.3.